The Morgan fingerprint density at radius 2 is 0.938 bits per heavy atom. The number of hydrogen-bond acceptors (Lipinski definition) is 0. The summed E-state index contributed by atoms with van der Waals surface area (Å²) in [6, 6.07) is 38.2. The molecule has 0 radical (unpaired) electrons. The van der Waals surface area contributed by atoms with E-state index in [1.165, 1.54) is 60.8 Å². The van der Waals surface area contributed by atoms with Crippen LogP contribution < -0.4 is 0 Å². The van der Waals surface area contributed by atoms with Gasteiger partial charge in [0.15, 0.2) is 0 Å². The molecule has 0 N–H and O–H groups in total. The molecule has 0 amide bonds. The first-order valence-corrected chi connectivity index (χ1v) is 11.4. The predicted molar refractivity (Wildman–Crippen MR) is 135 cm³/mol. The summed E-state index contributed by atoms with van der Waals surface area (Å²) in [6.45, 7) is 6.76. The number of aryl methyl sites for hydroxylation is 3. The van der Waals surface area contributed by atoms with Crippen molar-refractivity contribution in [3.05, 3.63) is 142 Å². The van der Waals surface area contributed by atoms with Gasteiger partial charge in [-0.05, 0) is 81.6 Å². The Hall–Kier alpha value is -3.64. The summed E-state index contributed by atoms with van der Waals surface area (Å²) in [6.07, 6.45) is 0. The fourth-order valence-electron chi connectivity index (χ4n) is 6.03. The van der Waals surface area contributed by atoms with Crippen LogP contribution in [0, 0.1) is 20.8 Å². The highest BCUT2D eigenvalue weighted by atomic mass is 14.5. The van der Waals surface area contributed by atoms with Crippen LogP contribution in [0.5, 0.6) is 0 Å². The highest BCUT2D eigenvalue weighted by Crippen LogP contribution is 2.59. The van der Waals surface area contributed by atoms with Gasteiger partial charge in [-0.2, -0.15) is 0 Å². The van der Waals surface area contributed by atoms with Crippen LogP contribution in [-0.4, -0.2) is 0 Å². The molecule has 0 spiro atoms. The molecule has 1 aliphatic carbocycles. The Morgan fingerprint density at radius 1 is 0.438 bits per heavy atom. The van der Waals surface area contributed by atoms with E-state index in [1.54, 1.807) is 0 Å². The molecule has 6 rings (SSSR count). The van der Waals surface area contributed by atoms with Crippen LogP contribution in [-0.2, 0) is 5.41 Å². The first-order chi connectivity index (χ1) is 15.6. The second kappa shape index (κ2) is 6.93. The standard InChI is InChI=1S/C32H26/c1-21-12-4-9-17-27(21)32(28-18-10-5-13-22(28)2)29-19-11-8-16-26(29)31-25-15-7-6-14-24(25)23(3)20-30(31)32/h4-20H,1-3H3. The van der Waals surface area contributed by atoms with Gasteiger partial charge in [-0.1, -0.05) is 103 Å². The lowest BCUT2D eigenvalue weighted by molar-refractivity contribution is 0.754. The second-order valence-electron chi connectivity index (χ2n) is 9.09. The fraction of sp³-hybridized carbons (Fsp3) is 0.125. The number of rotatable bonds is 2. The van der Waals surface area contributed by atoms with Gasteiger partial charge in [-0.25, -0.2) is 0 Å². The summed E-state index contributed by atoms with van der Waals surface area (Å²) in [5, 5.41) is 2.69. The van der Waals surface area contributed by atoms with Crippen LogP contribution in [0.15, 0.2) is 103 Å². The van der Waals surface area contributed by atoms with Gasteiger partial charge in [-0.3, -0.25) is 0 Å². The minimum Gasteiger partial charge on any atom is -0.0620 e. The Labute approximate surface area is 190 Å². The summed E-state index contributed by atoms with van der Waals surface area (Å²) in [5.74, 6) is 0. The third-order valence-corrected chi connectivity index (χ3v) is 7.35. The third-order valence-electron chi connectivity index (χ3n) is 7.35. The normalized spacial score (nSPS) is 13.7. The summed E-state index contributed by atoms with van der Waals surface area (Å²) in [7, 11) is 0. The van der Waals surface area contributed by atoms with E-state index in [0.29, 0.717) is 0 Å². The zero-order valence-electron chi connectivity index (χ0n) is 18.8. The molecule has 0 heteroatoms. The van der Waals surface area contributed by atoms with E-state index in [-0.39, 0.29) is 5.41 Å². The predicted octanol–water partition coefficient (Wildman–Crippen LogP) is 8.13. The van der Waals surface area contributed by atoms with Crippen molar-refractivity contribution in [1.82, 2.24) is 0 Å². The smallest absolute Gasteiger partial charge is 0.0620 e. The largest absolute Gasteiger partial charge is 0.0718 e. The SMILES string of the molecule is Cc1ccccc1C1(c2ccccc2C)c2ccccc2-c2c1cc(C)c1ccccc21. The molecule has 0 aliphatic heterocycles. The minimum atomic E-state index is -0.336. The topological polar surface area (TPSA) is 0 Å². The summed E-state index contributed by atoms with van der Waals surface area (Å²) >= 11 is 0. The molecule has 0 saturated carbocycles. The van der Waals surface area contributed by atoms with Crippen LogP contribution in [0.25, 0.3) is 21.9 Å². The summed E-state index contributed by atoms with van der Waals surface area (Å²) < 4.78 is 0. The van der Waals surface area contributed by atoms with Crippen LogP contribution in [0.3, 0.4) is 0 Å². The lowest BCUT2D eigenvalue weighted by Crippen LogP contribution is -2.30. The van der Waals surface area contributed by atoms with Crippen molar-refractivity contribution < 1.29 is 0 Å². The molecule has 5 aromatic rings. The minimum absolute atomic E-state index is 0.336. The Bertz CT molecular complexity index is 1460. The first kappa shape index (κ1) is 19.1. The highest BCUT2D eigenvalue weighted by Gasteiger charge is 2.48. The van der Waals surface area contributed by atoms with E-state index in [9.17, 15) is 0 Å². The fourth-order valence-corrected chi connectivity index (χ4v) is 6.03. The highest BCUT2D eigenvalue weighted by molar-refractivity contribution is 6.05. The third kappa shape index (κ3) is 2.38. The number of hydrogen-bond donors (Lipinski definition) is 0. The first-order valence-electron chi connectivity index (χ1n) is 11.4. The van der Waals surface area contributed by atoms with Crippen molar-refractivity contribution in [3.8, 4) is 11.1 Å². The van der Waals surface area contributed by atoms with E-state index in [0.717, 1.165) is 0 Å². The van der Waals surface area contributed by atoms with Gasteiger partial charge in [0.05, 0.1) is 5.41 Å². The van der Waals surface area contributed by atoms with Gasteiger partial charge in [0.2, 0.25) is 0 Å². The molecule has 0 fully saturated rings. The molecule has 1 aliphatic rings. The van der Waals surface area contributed by atoms with E-state index >= 15 is 0 Å². The van der Waals surface area contributed by atoms with Crippen molar-refractivity contribution in [1.29, 1.82) is 0 Å². The molecule has 0 heterocycles. The molecule has 0 aromatic heterocycles. The molecular formula is C32H26. The van der Waals surface area contributed by atoms with Gasteiger partial charge in [0.25, 0.3) is 0 Å². The molecular weight excluding hydrogens is 384 g/mol. The monoisotopic (exact) mass is 410 g/mol. The average Bonchev–Trinajstić information content (AvgIpc) is 3.11. The molecule has 5 aromatic carbocycles. The lowest BCUT2D eigenvalue weighted by Gasteiger charge is -2.36. The maximum absolute atomic E-state index is 2.45. The number of benzene rings is 5. The number of fused-ring (bicyclic) bond motifs is 5. The quantitative estimate of drug-likeness (QED) is 0.270. The van der Waals surface area contributed by atoms with E-state index in [2.05, 4.69) is 124 Å². The summed E-state index contributed by atoms with van der Waals surface area (Å²) in [5.41, 5.74) is 11.9. The van der Waals surface area contributed by atoms with Crippen LogP contribution in [0.2, 0.25) is 0 Å². The van der Waals surface area contributed by atoms with Crippen LogP contribution in [0.4, 0.5) is 0 Å². The van der Waals surface area contributed by atoms with E-state index < -0.39 is 0 Å². The zero-order chi connectivity index (χ0) is 21.9. The van der Waals surface area contributed by atoms with Crippen molar-refractivity contribution in [3.63, 3.8) is 0 Å². The van der Waals surface area contributed by atoms with Crippen molar-refractivity contribution in [2.24, 2.45) is 0 Å². The van der Waals surface area contributed by atoms with Crippen LogP contribution >= 0.6 is 0 Å². The summed E-state index contributed by atoms with van der Waals surface area (Å²) in [4.78, 5) is 0. The van der Waals surface area contributed by atoms with Crippen molar-refractivity contribution in [2.75, 3.05) is 0 Å². The molecule has 0 nitrogen and oxygen atoms in total. The molecule has 0 atom stereocenters. The Balaban J connectivity index is 1.91. The molecule has 0 bridgehead atoms. The molecule has 0 saturated heterocycles. The lowest BCUT2D eigenvalue weighted by atomic mass is 9.65. The Morgan fingerprint density at radius 3 is 1.56 bits per heavy atom. The van der Waals surface area contributed by atoms with Crippen molar-refractivity contribution >= 4 is 10.8 Å². The Kier molecular flexibility index (Phi) is 4.13. The average molecular weight is 411 g/mol. The zero-order valence-corrected chi connectivity index (χ0v) is 18.8. The van der Waals surface area contributed by atoms with Gasteiger partial charge >= 0.3 is 0 Å². The second-order valence-corrected chi connectivity index (χ2v) is 9.09. The maximum Gasteiger partial charge on any atom is 0.0718 e. The van der Waals surface area contributed by atoms with Gasteiger partial charge in [0.1, 0.15) is 0 Å². The van der Waals surface area contributed by atoms with Crippen molar-refractivity contribution in [2.45, 2.75) is 26.2 Å². The van der Waals surface area contributed by atoms with Gasteiger partial charge in [0, 0.05) is 0 Å². The molecule has 0 unspecified atom stereocenters. The van der Waals surface area contributed by atoms with E-state index in [1.807, 2.05) is 0 Å². The van der Waals surface area contributed by atoms with E-state index in [4.69, 9.17) is 0 Å². The van der Waals surface area contributed by atoms with Crippen LogP contribution in [0.1, 0.15) is 38.9 Å². The molecule has 154 valence electrons. The van der Waals surface area contributed by atoms with Gasteiger partial charge < -0.3 is 0 Å². The maximum atomic E-state index is 2.45. The van der Waals surface area contributed by atoms with Gasteiger partial charge in [-0.15, -0.1) is 0 Å². The molecule has 32 heavy (non-hydrogen) atoms.